The van der Waals surface area contributed by atoms with E-state index in [2.05, 4.69) is 37.3 Å². The van der Waals surface area contributed by atoms with E-state index in [0.29, 0.717) is 5.92 Å². The Bertz CT molecular complexity index is 619. The van der Waals surface area contributed by atoms with E-state index < -0.39 is 0 Å². The predicted octanol–water partition coefficient (Wildman–Crippen LogP) is 8.17. The molecular weight excluding hydrogens is 338 g/mol. The molecule has 0 N–H and O–H groups in total. The van der Waals surface area contributed by atoms with Gasteiger partial charge in [-0.05, 0) is 106 Å². The number of hydrogen-bond donors (Lipinski definition) is 0. The van der Waals surface area contributed by atoms with Crippen molar-refractivity contribution < 1.29 is 0 Å². The molecule has 3 rings (SSSR count). The molecule has 0 amide bonds. The standard InChI is InChI=1S/C27H39N/c1-2-3-6-22-9-11-23(12-10-22)7-4-5-8-24-13-17-26(18-14-24)27-19-15-25(21-28)16-20-27/h4,7,15-16,19-20,22-24,26H,2-3,5-6,8-14,17-18H2,1H3/b7-4+. The van der Waals surface area contributed by atoms with Crippen LogP contribution in [0.25, 0.3) is 0 Å². The smallest absolute Gasteiger partial charge is 0.0991 e. The maximum absolute atomic E-state index is 8.95. The molecule has 2 fully saturated rings. The number of benzene rings is 1. The molecule has 0 aliphatic heterocycles. The first-order chi connectivity index (χ1) is 13.8. The van der Waals surface area contributed by atoms with Crippen LogP contribution in [0.3, 0.4) is 0 Å². The molecule has 0 bridgehead atoms. The van der Waals surface area contributed by atoms with Gasteiger partial charge in [-0.2, -0.15) is 5.26 Å². The van der Waals surface area contributed by atoms with E-state index in [1.54, 1.807) is 0 Å². The molecule has 2 saturated carbocycles. The van der Waals surface area contributed by atoms with Crippen LogP contribution >= 0.6 is 0 Å². The van der Waals surface area contributed by atoms with Gasteiger partial charge >= 0.3 is 0 Å². The van der Waals surface area contributed by atoms with Gasteiger partial charge in [0.05, 0.1) is 11.6 Å². The van der Waals surface area contributed by atoms with Gasteiger partial charge in [-0.1, -0.05) is 50.5 Å². The Kier molecular flexibility index (Phi) is 8.66. The number of nitrogens with zero attached hydrogens (tertiary/aromatic N) is 1. The topological polar surface area (TPSA) is 23.8 Å². The molecule has 1 aromatic rings. The molecule has 0 atom stereocenters. The van der Waals surface area contributed by atoms with Gasteiger partial charge in [0.25, 0.3) is 0 Å². The van der Waals surface area contributed by atoms with Crippen molar-refractivity contribution in [3.05, 3.63) is 47.5 Å². The zero-order valence-electron chi connectivity index (χ0n) is 17.9. The van der Waals surface area contributed by atoms with Gasteiger partial charge in [0.15, 0.2) is 0 Å². The molecule has 0 unspecified atom stereocenters. The first-order valence-electron chi connectivity index (χ1n) is 11.9. The normalized spacial score (nSPS) is 28.3. The highest BCUT2D eigenvalue weighted by molar-refractivity contribution is 5.33. The molecule has 1 heteroatoms. The molecule has 0 heterocycles. The number of hydrogen-bond acceptors (Lipinski definition) is 1. The second-order valence-electron chi connectivity index (χ2n) is 9.38. The Hall–Kier alpha value is -1.55. The van der Waals surface area contributed by atoms with E-state index in [1.807, 2.05) is 12.1 Å². The molecule has 28 heavy (non-hydrogen) atoms. The summed E-state index contributed by atoms with van der Waals surface area (Å²) in [5.41, 5.74) is 2.21. The minimum Gasteiger partial charge on any atom is -0.192 e. The minimum absolute atomic E-state index is 0.711. The van der Waals surface area contributed by atoms with Crippen molar-refractivity contribution in [3.8, 4) is 6.07 Å². The highest BCUT2D eigenvalue weighted by atomic mass is 14.3. The van der Waals surface area contributed by atoms with Crippen LogP contribution in [-0.4, -0.2) is 0 Å². The maximum atomic E-state index is 8.95. The van der Waals surface area contributed by atoms with Crippen LogP contribution in [0.1, 0.15) is 107 Å². The average molecular weight is 378 g/mol. The maximum Gasteiger partial charge on any atom is 0.0991 e. The van der Waals surface area contributed by atoms with Crippen LogP contribution in [0.4, 0.5) is 0 Å². The summed E-state index contributed by atoms with van der Waals surface area (Å²) in [6.07, 6.45) is 23.2. The Morgan fingerprint density at radius 2 is 1.54 bits per heavy atom. The van der Waals surface area contributed by atoms with Crippen molar-refractivity contribution >= 4 is 0 Å². The monoisotopic (exact) mass is 377 g/mol. The third-order valence-corrected chi connectivity index (χ3v) is 7.37. The van der Waals surface area contributed by atoms with Crippen LogP contribution in [0, 0.1) is 29.1 Å². The summed E-state index contributed by atoms with van der Waals surface area (Å²) in [5, 5.41) is 8.95. The van der Waals surface area contributed by atoms with Crippen LogP contribution in [0.2, 0.25) is 0 Å². The Labute approximate surface area is 173 Å². The fourth-order valence-electron chi connectivity index (χ4n) is 5.40. The highest BCUT2D eigenvalue weighted by Gasteiger charge is 2.22. The van der Waals surface area contributed by atoms with Crippen molar-refractivity contribution in [1.82, 2.24) is 0 Å². The summed E-state index contributed by atoms with van der Waals surface area (Å²) in [7, 11) is 0. The lowest BCUT2D eigenvalue weighted by molar-refractivity contribution is 0.289. The molecule has 0 saturated heterocycles. The summed E-state index contributed by atoms with van der Waals surface area (Å²) in [6.45, 7) is 2.31. The summed E-state index contributed by atoms with van der Waals surface area (Å²) in [5.74, 6) is 3.52. The van der Waals surface area contributed by atoms with Gasteiger partial charge < -0.3 is 0 Å². The second kappa shape index (κ2) is 11.5. The zero-order chi connectivity index (χ0) is 19.6. The van der Waals surface area contributed by atoms with E-state index >= 15 is 0 Å². The van der Waals surface area contributed by atoms with Crippen molar-refractivity contribution in [3.63, 3.8) is 0 Å². The quantitative estimate of drug-likeness (QED) is 0.419. The molecule has 1 aromatic carbocycles. The summed E-state index contributed by atoms with van der Waals surface area (Å²) in [4.78, 5) is 0. The van der Waals surface area contributed by atoms with Crippen molar-refractivity contribution in [2.45, 2.75) is 96.3 Å². The molecule has 0 spiro atoms. The number of rotatable bonds is 8. The van der Waals surface area contributed by atoms with Gasteiger partial charge in [0.1, 0.15) is 0 Å². The Balaban J connectivity index is 1.30. The summed E-state index contributed by atoms with van der Waals surface area (Å²) in [6, 6.07) is 10.5. The molecule has 0 radical (unpaired) electrons. The van der Waals surface area contributed by atoms with Crippen molar-refractivity contribution in [2.24, 2.45) is 17.8 Å². The lowest BCUT2D eigenvalue weighted by atomic mass is 9.77. The van der Waals surface area contributed by atoms with Gasteiger partial charge in [0, 0.05) is 0 Å². The van der Waals surface area contributed by atoms with Gasteiger partial charge in [-0.15, -0.1) is 0 Å². The molecule has 2 aliphatic rings. The first kappa shape index (κ1) is 21.2. The lowest BCUT2D eigenvalue weighted by Gasteiger charge is -2.29. The third-order valence-electron chi connectivity index (χ3n) is 7.37. The van der Waals surface area contributed by atoms with Gasteiger partial charge in [-0.25, -0.2) is 0 Å². The molecule has 0 aromatic heterocycles. The van der Waals surface area contributed by atoms with E-state index in [0.717, 1.165) is 23.3 Å². The SMILES string of the molecule is CCCCC1CCC(/C=C/CCC2CCC(c3ccc(C#N)cc3)CC2)CC1. The van der Waals surface area contributed by atoms with Crippen LogP contribution in [0.5, 0.6) is 0 Å². The van der Waals surface area contributed by atoms with E-state index in [-0.39, 0.29) is 0 Å². The van der Waals surface area contributed by atoms with Crippen LogP contribution < -0.4 is 0 Å². The molecule has 2 aliphatic carbocycles. The van der Waals surface area contributed by atoms with Crippen LogP contribution in [0.15, 0.2) is 36.4 Å². The zero-order valence-corrected chi connectivity index (χ0v) is 17.9. The van der Waals surface area contributed by atoms with Crippen molar-refractivity contribution in [1.29, 1.82) is 5.26 Å². The number of unbranched alkanes of at least 4 members (excludes halogenated alkanes) is 1. The van der Waals surface area contributed by atoms with E-state index in [1.165, 1.54) is 89.0 Å². The Morgan fingerprint density at radius 1 is 0.893 bits per heavy atom. The first-order valence-corrected chi connectivity index (χ1v) is 11.9. The Morgan fingerprint density at radius 3 is 2.18 bits per heavy atom. The summed E-state index contributed by atoms with van der Waals surface area (Å²) < 4.78 is 0. The van der Waals surface area contributed by atoms with E-state index in [4.69, 9.17) is 5.26 Å². The number of allylic oxidation sites excluding steroid dienone is 2. The number of nitriles is 1. The third kappa shape index (κ3) is 6.51. The predicted molar refractivity (Wildman–Crippen MR) is 119 cm³/mol. The molecular formula is C27H39N. The van der Waals surface area contributed by atoms with Crippen molar-refractivity contribution in [2.75, 3.05) is 0 Å². The van der Waals surface area contributed by atoms with E-state index in [9.17, 15) is 0 Å². The van der Waals surface area contributed by atoms with Crippen LogP contribution in [-0.2, 0) is 0 Å². The molecule has 1 nitrogen and oxygen atoms in total. The fraction of sp³-hybridized carbons (Fsp3) is 0.667. The highest BCUT2D eigenvalue weighted by Crippen LogP contribution is 2.38. The fourth-order valence-corrected chi connectivity index (χ4v) is 5.40. The largest absolute Gasteiger partial charge is 0.192 e. The average Bonchev–Trinajstić information content (AvgIpc) is 2.76. The molecule has 152 valence electrons. The second-order valence-corrected chi connectivity index (χ2v) is 9.38. The minimum atomic E-state index is 0.711. The summed E-state index contributed by atoms with van der Waals surface area (Å²) >= 11 is 0. The van der Waals surface area contributed by atoms with Gasteiger partial charge in [-0.3, -0.25) is 0 Å². The lowest BCUT2D eigenvalue weighted by Crippen LogP contribution is -2.13. The van der Waals surface area contributed by atoms with Gasteiger partial charge in [0.2, 0.25) is 0 Å².